The largest absolute Gasteiger partial charge is 0.468 e. The number of carbonyl (C=O) groups excluding carboxylic acids is 1. The predicted octanol–water partition coefficient (Wildman–Crippen LogP) is 2.47. The van der Waals surface area contributed by atoms with Gasteiger partial charge in [0.05, 0.1) is 7.11 Å². The van der Waals surface area contributed by atoms with Crippen LogP contribution in [0.15, 0.2) is 30.3 Å². The van der Waals surface area contributed by atoms with Gasteiger partial charge in [0.1, 0.15) is 11.8 Å². The summed E-state index contributed by atoms with van der Waals surface area (Å²) in [6.07, 6.45) is 0. The average molecular weight is 278 g/mol. The fourth-order valence-corrected chi connectivity index (χ4v) is 2.26. The van der Waals surface area contributed by atoms with E-state index < -0.39 is 19.3 Å². The van der Waals surface area contributed by atoms with Crippen molar-refractivity contribution in [2.45, 2.75) is 13.0 Å². The van der Waals surface area contributed by atoms with Gasteiger partial charge in [-0.3, -0.25) is 9.36 Å². The lowest BCUT2D eigenvalue weighted by Gasteiger charge is -2.23. The molecule has 0 aromatic heterocycles. The number of ether oxygens (including phenoxy) is 1. The number of nitrogens with zero attached hydrogens (tertiary/aromatic N) is 1. The highest BCUT2D eigenvalue weighted by molar-refractivity contribution is 7.71. The summed E-state index contributed by atoms with van der Waals surface area (Å²) >= 11 is 5.53. The second kappa shape index (κ2) is 6.64. The smallest absolute Gasteiger partial charge is 0.326 e. The van der Waals surface area contributed by atoms with Crippen molar-refractivity contribution in [3.8, 4) is 5.75 Å². The monoisotopic (exact) mass is 277 g/mol. The molecule has 0 fully saturated rings. The van der Waals surface area contributed by atoms with E-state index in [2.05, 4.69) is 4.74 Å². The Balaban J connectivity index is 2.81. The van der Waals surface area contributed by atoms with Crippen molar-refractivity contribution >= 4 is 24.5 Å². The van der Waals surface area contributed by atoms with E-state index in [1.807, 2.05) is 6.07 Å². The van der Waals surface area contributed by atoms with E-state index in [4.69, 9.17) is 16.1 Å². The minimum Gasteiger partial charge on any atom is -0.468 e. The van der Waals surface area contributed by atoms with E-state index in [0.717, 1.165) is 4.83 Å². The Bertz CT molecular complexity index is 401. The van der Waals surface area contributed by atoms with Crippen molar-refractivity contribution in [2.75, 3.05) is 7.11 Å². The van der Waals surface area contributed by atoms with Gasteiger partial charge in [-0.15, -0.1) is 0 Å². The molecule has 1 rings (SSSR count). The molecule has 2 unspecified atom stereocenters. The molecule has 1 aromatic carbocycles. The molecule has 0 saturated heterocycles. The van der Waals surface area contributed by atoms with E-state index >= 15 is 0 Å². The van der Waals surface area contributed by atoms with Crippen LogP contribution in [0.1, 0.15) is 6.92 Å². The third-order valence-corrected chi connectivity index (χ3v) is 3.34. The summed E-state index contributed by atoms with van der Waals surface area (Å²) < 4.78 is 15.9. The van der Waals surface area contributed by atoms with Gasteiger partial charge in [-0.1, -0.05) is 23.0 Å². The second-order valence-corrected chi connectivity index (χ2v) is 5.10. The highest BCUT2D eigenvalue weighted by atomic mass is 35.7. The lowest BCUT2D eigenvalue weighted by atomic mass is 10.3. The van der Waals surface area contributed by atoms with Gasteiger partial charge in [-0.25, -0.2) is 0 Å². The molecule has 0 aliphatic heterocycles. The Kier molecular flexibility index (Phi) is 5.48. The van der Waals surface area contributed by atoms with Gasteiger partial charge in [0, 0.05) is 0 Å². The Morgan fingerprint density at radius 1 is 1.41 bits per heavy atom. The Labute approximate surface area is 105 Å². The number of rotatable bonds is 5. The number of hydrogen-bond acceptors (Lipinski definition) is 4. The molecule has 17 heavy (non-hydrogen) atoms. The van der Waals surface area contributed by atoms with E-state index in [1.165, 1.54) is 14.0 Å². The third kappa shape index (κ3) is 4.04. The first kappa shape index (κ1) is 14.0. The standard InChI is InChI=1S/C10H13ClNO4P/c1-8(10(13)15-2)12(17(11)14)16-9-6-4-3-5-7-9/h3-8,17H,1-2H3. The van der Waals surface area contributed by atoms with Crippen LogP contribution in [0.25, 0.3) is 0 Å². The lowest BCUT2D eigenvalue weighted by molar-refractivity contribution is -0.151. The number of halogens is 1. The van der Waals surface area contributed by atoms with Crippen molar-refractivity contribution in [3.05, 3.63) is 30.3 Å². The number of carbonyl (C=O) groups is 1. The van der Waals surface area contributed by atoms with Gasteiger partial charge in [0.2, 0.25) is 0 Å². The minimum absolute atomic E-state index is 0.447. The first-order valence-corrected chi connectivity index (χ1v) is 7.22. The fraction of sp³-hybridized carbons (Fsp3) is 0.300. The Morgan fingerprint density at radius 2 is 2.00 bits per heavy atom. The quantitative estimate of drug-likeness (QED) is 0.470. The summed E-state index contributed by atoms with van der Waals surface area (Å²) in [6, 6.07) is 7.80. The molecule has 0 bridgehead atoms. The highest BCUT2D eigenvalue weighted by Crippen LogP contribution is 2.35. The maximum absolute atomic E-state index is 11.4. The zero-order valence-corrected chi connectivity index (χ0v) is 11.2. The zero-order chi connectivity index (χ0) is 12.8. The summed E-state index contributed by atoms with van der Waals surface area (Å²) in [5.41, 5.74) is 0. The molecule has 0 spiro atoms. The molecule has 0 saturated carbocycles. The van der Waals surface area contributed by atoms with Crippen molar-refractivity contribution in [1.82, 2.24) is 4.83 Å². The maximum Gasteiger partial charge on any atom is 0.326 e. The number of hydrogen-bond donors (Lipinski definition) is 0. The van der Waals surface area contributed by atoms with E-state index in [9.17, 15) is 9.36 Å². The van der Waals surface area contributed by atoms with E-state index in [-0.39, 0.29) is 0 Å². The molecule has 7 heteroatoms. The lowest BCUT2D eigenvalue weighted by Crippen LogP contribution is -2.36. The van der Waals surface area contributed by atoms with Crippen LogP contribution in [0.4, 0.5) is 0 Å². The van der Waals surface area contributed by atoms with Crippen LogP contribution in [0.5, 0.6) is 5.75 Å². The summed E-state index contributed by atoms with van der Waals surface area (Å²) in [7, 11) is -1.45. The zero-order valence-electron chi connectivity index (χ0n) is 9.42. The first-order valence-electron chi connectivity index (χ1n) is 4.85. The van der Waals surface area contributed by atoms with Crippen LogP contribution in [0.3, 0.4) is 0 Å². The number of para-hydroxylation sites is 1. The topological polar surface area (TPSA) is 55.8 Å². The van der Waals surface area contributed by atoms with Crippen molar-refractivity contribution < 1.29 is 18.9 Å². The summed E-state index contributed by atoms with van der Waals surface area (Å²) in [6.45, 7) is 1.50. The molecule has 5 nitrogen and oxygen atoms in total. The molecule has 0 heterocycles. The molecule has 0 N–H and O–H groups in total. The molecule has 1 aromatic rings. The molecule has 0 radical (unpaired) electrons. The van der Waals surface area contributed by atoms with Crippen molar-refractivity contribution in [2.24, 2.45) is 0 Å². The predicted molar refractivity (Wildman–Crippen MR) is 65.2 cm³/mol. The van der Waals surface area contributed by atoms with E-state index in [1.54, 1.807) is 24.3 Å². The van der Waals surface area contributed by atoms with Crippen LogP contribution in [0.2, 0.25) is 0 Å². The molecular formula is C10H13ClNO4P. The van der Waals surface area contributed by atoms with Crippen LogP contribution < -0.4 is 4.84 Å². The molecule has 94 valence electrons. The highest BCUT2D eigenvalue weighted by Gasteiger charge is 2.27. The van der Waals surface area contributed by atoms with E-state index in [0.29, 0.717) is 5.75 Å². The third-order valence-electron chi connectivity index (χ3n) is 2.01. The SMILES string of the molecule is COC(=O)C(C)N(Oc1ccccc1)[PH](=O)Cl. The Hall–Kier alpha value is -1.03. The maximum atomic E-state index is 11.4. The van der Waals surface area contributed by atoms with Crippen LogP contribution in [0, 0.1) is 0 Å². The van der Waals surface area contributed by atoms with Gasteiger partial charge in [0.15, 0.2) is 0 Å². The molecule has 0 aliphatic rings. The van der Waals surface area contributed by atoms with Gasteiger partial charge in [0.25, 0.3) is 7.30 Å². The van der Waals surface area contributed by atoms with Gasteiger partial charge in [-0.05, 0) is 30.3 Å². The molecule has 2 atom stereocenters. The number of esters is 1. The molecular weight excluding hydrogens is 265 g/mol. The van der Waals surface area contributed by atoms with Crippen molar-refractivity contribution in [1.29, 1.82) is 0 Å². The molecule has 0 amide bonds. The number of methoxy groups -OCH3 is 1. The van der Waals surface area contributed by atoms with Crippen molar-refractivity contribution in [3.63, 3.8) is 0 Å². The van der Waals surface area contributed by atoms with Crippen LogP contribution in [-0.2, 0) is 14.1 Å². The first-order chi connectivity index (χ1) is 8.06. The summed E-state index contributed by atoms with van der Waals surface area (Å²) in [4.78, 5) is 17.6. The summed E-state index contributed by atoms with van der Waals surface area (Å²) in [5.74, 6) is -0.123. The van der Waals surface area contributed by atoms with Gasteiger partial charge in [-0.2, -0.15) is 0 Å². The fourth-order valence-electron chi connectivity index (χ4n) is 1.13. The normalized spacial score (nSPS) is 14.1. The van der Waals surface area contributed by atoms with Crippen LogP contribution >= 0.6 is 18.5 Å². The number of hydroxylamine groups is 1. The van der Waals surface area contributed by atoms with Crippen LogP contribution in [-0.4, -0.2) is 24.0 Å². The second-order valence-electron chi connectivity index (χ2n) is 3.18. The van der Waals surface area contributed by atoms with Gasteiger partial charge < -0.3 is 9.57 Å². The number of benzene rings is 1. The molecule has 0 aliphatic carbocycles. The Morgan fingerprint density at radius 3 is 2.47 bits per heavy atom. The van der Waals surface area contributed by atoms with Gasteiger partial charge >= 0.3 is 5.97 Å². The summed E-state index contributed by atoms with van der Waals surface area (Å²) in [5, 5.41) is 0. The average Bonchev–Trinajstić information content (AvgIpc) is 2.35. The minimum atomic E-state index is -2.69.